The van der Waals surface area contributed by atoms with Crippen LogP contribution in [-0.4, -0.2) is 24.7 Å². The number of tetrazole rings is 1. The van der Waals surface area contributed by atoms with Gasteiger partial charge in [0.2, 0.25) is 5.82 Å². The number of rotatable bonds is 2. The molecule has 1 aromatic heterocycles. The molecule has 0 aliphatic carbocycles. The van der Waals surface area contributed by atoms with Gasteiger partial charge in [-0.05, 0) is 16.5 Å². The first-order valence-electron chi connectivity index (χ1n) is 4.55. The molecule has 1 aromatic carbocycles. The molecule has 18 heavy (non-hydrogen) atoms. The van der Waals surface area contributed by atoms with Crippen molar-refractivity contribution in [2.24, 2.45) is 7.05 Å². The summed E-state index contributed by atoms with van der Waals surface area (Å²) in [6.45, 7) is 0. The van der Waals surface area contributed by atoms with Crippen molar-refractivity contribution in [3.05, 3.63) is 44.4 Å². The molecule has 10 heteroatoms. The fourth-order valence-corrected chi connectivity index (χ4v) is 1.32. The Kier molecular flexibility index (Phi) is 2.61. The third-order valence-electron chi connectivity index (χ3n) is 2.18. The van der Waals surface area contributed by atoms with Gasteiger partial charge in [0.25, 0.3) is 0 Å². The summed E-state index contributed by atoms with van der Waals surface area (Å²) < 4.78 is 28.3. The molecule has 0 aliphatic rings. The molecule has 0 atom stereocenters. The SMILES string of the molecule is Cn1nnn(-c2c(F)ccc([N+](=O)[O-])c2F)c1=O. The summed E-state index contributed by atoms with van der Waals surface area (Å²) in [5, 5.41) is 17.0. The number of nitro groups is 1. The van der Waals surface area contributed by atoms with E-state index in [0.29, 0.717) is 16.8 Å². The van der Waals surface area contributed by atoms with Crippen molar-refractivity contribution in [1.82, 2.24) is 19.8 Å². The Morgan fingerprint density at radius 3 is 2.50 bits per heavy atom. The van der Waals surface area contributed by atoms with Crippen molar-refractivity contribution in [1.29, 1.82) is 0 Å². The first kappa shape index (κ1) is 11.8. The summed E-state index contributed by atoms with van der Waals surface area (Å²) in [4.78, 5) is 20.9. The Bertz CT molecular complexity index is 693. The number of nitro benzene ring substituents is 1. The maximum Gasteiger partial charge on any atom is 0.368 e. The van der Waals surface area contributed by atoms with E-state index < -0.39 is 33.6 Å². The zero-order chi connectivity index (χ0) is 13.4. The Morgan fingerprint density at radius 1 is 1.33 bits per heavy atom. The van der Waals surface area contributed by atoms with E-state index in [1.807, 2.05) is 0 Å². The van der Waals surface area contributed by atoms with Crippen LogP contribution in [0.25, 0.3) is 5.69 Å². The first-order valence-corrected chi connectivity index (χ1v) is 4.55. The van der Waals surface area contributed by atoms with E-state index in [1.165, 1.54) is 7.05 Å². The summed E-state index contributed by atoms with van der Waals surface area (Å²) in [7, 11) is 1.22. The molecule has 0 bridgehead atoms. The largest absolute Gasteiger partial charge is 0.368 e. The zero-order valence-corrected chi connectivity index (χ0v) is 8.87. The molecule has 0 saturated heterocycles. The van der Waals surface area contributed by atoms with E-state index in [0.717, 1.165) is 4.68 Å². The third-order valence-corrected chi connectivity index (χ3v) is 2.18. The Morgan fingerprint density at radius 2 is 2.00 bits per heavy atom. The van der Waals surface area contributed by atoms with E-state index in [2.05, 4.69) is 10.4 Å². The number of hydrogen-bond donors (Lipinski definition) is 0. The molecule has 0 aliphatic heterocycles. The number of benzene rings is 1. The second-order valence-electron chi connectivity index (χ2n) is 3.28. The van der Waals surface area contributed by atoms with Crippen molar-refractivity contribution in [3.63, 3.8) is 0 Å². The second-order valence-corrected chi connectivity index (χ2v) is 3.28. The minimum absolute atomic E-state index is 0.317. The van der Waals surface area contributed by atoms with Crippen LogP contribution in [-0.2, 0) is 7.05 Å². The van der Waals surface area contributed by atoms with Crippen LogP contribution < -0.4 is 5.69 Å². The first-order chi connectivity index (χ1) is 8.43. The summed E-state index contributed by atoms with van der Waals surface area (Å²) >= 11 is 0. The van der Waals surface area contributed by atoms with Crippen LogP contribution in [0.5, 0.6) is 0 Å². The highest BCUT2D eigenvalue weighted by Gasteiger charge is 2.25. The van der Waals surface area contributed by atoms with Crippen LogP contribution in [0.1, 0.15) is 0 Å². The van der Waals surface area contributed by atoms with E-state index in [4.69, 9.17) is 0 Å². The van der Waals surface area contributed by atoms with Gasteiger partial charge in [-0.15, -0.1) is 0 Å². The predicted octanol–water partition coefficient (Wildman–Crippen LogP) is 0.152. The molecular weight excluding hydrogens is 252 g/mol. The van der Waals surface area contributed by atoms with Crippen molar-refractivity contribution in [3.8, 4) is 5.69 Å². The summed E-state index contributed by atoms with van der Waals surface area (Å²) in [6, 6.07) is 1.34. The van der Waals surface area contributed by atoms with Gasteiger partial charge in [0.05, 0.1) is 4.92 Å². The quantitative estimate of drug-likeness (QED) is 0.563. The topological polar surface area (TPSA) is 95.8 Å². The van der Waals surface area contributed by atoms with Crippen LogP contribution in [0.4, 0.5) is 14.5 Å². The lowest BCUT2D eigenvalue weighted by molar-refractivity contribution is -0.387. The lowest BCUT2D eigenvalue weighted by Crippen LogP contribution is -2.23. The standard InChI is InChI=1S/C8H5F2N5O3/c1-13-8(16)14(12-11-13)7-4(9)2-3-5(6(7)10)15(17)18/h2-3H,1H3. The molecule has 0 radical (unpaired) electrons. The van der Waals surface area contributed by atoms with Gasteiger partial charge in [0.15, 0.2) is 11.5 Å². The summed E-state index contributed by atoms with van der Waals surface area (Å²) in [5.74, 6) is -2.64. The molecule has 0 saturated carbocycles. The molecule has 94 valence electrons. The fourth-order valence-electron chi connectivity index (χ4n) is 1.32. The van der Waals surface area contributed by atoms with Gasteiger partial charge in [0, 0.05) is 13.1 Å². The predicted molar refractivity (Wildman–Crippen MR) is 53.2 cm³/mol. The van der Waals surface area contributed by atoms with E-state index in [9.17, 15) is 23.7 Å². The monoisotopic (exact) mass is 257 g/mol. The van der Waals surface area contributed by atoms with E-state index >= 15 is 0 Å². The van der Waals surface area contributed by atoms with E-state index in [-0.39, 0.29) is 0 Å². The maximum absolute atomic E-state index is 13.7. The Hall–Kier alpha value is -2.65. The average molecular weight is 257 g/mol. The van der Waals surface area contributed by atoms with Gasteiger partial charge >= 0.3 is 11.4 Å². The second kappa shape index (κ2) is 3.98. The summed E-state index contributed by atoms with van der Waals surface area (Å²) in [5.41, 5.74) is -2.81. The fraction of sp³-hybridized carbons (Fsp3) is 0.125. The molecule has 2 aromatic rings. The highest BCUT2D eigenvalue weighted by molar-refractivity contribution is 5.45. The van der Waals surface area contributed by atoms with Crippen LogP contribution in [0.3, 0.4) is 0 Å². The molecule has 0 fully saturated rings. The highest BCUT2D eigenvalue weighted by Crippen LogP contribution is 2.24. The normalized spacial score (nSPS) is 10.6. The number of aromatic nitrogens is 4. The van der Waals surface area contributed by atoms with Crippen molar-refractivity contribution in [2.45, 2.75) is 0 Å². The maximum atomic E-state index is 13.7. The molecule has 0 N–H and O–H groups in total. The molecule has 2 rings (SSSR count). The molecule has 1 heterocycles. The highest BCUT2D eigenvalue weighted by atomic mass is 19.1. The van der Waals surface area contributed by atoms with Crippen LogP contribution in [0, 0.1) is 21.7 Å². The van der Waals surface area contributed by atoms with Gasteiger partial charge in [-0.1, -0.05) is 0 Å². The molecule has 0 unspecified atom stereocenters. The smallest absolute Gasteiger partial charge is 0.258 e. The van der Waals surface area contributed by atoms with Gasteiger partial charge in [-0.3, -0.25) is 10.1 Å². The van der Waals surface area contributed by atoms with Gasteiger partial charge in [-0.25, -0.2) is 9.18 Å². The zero-order valence-electron chi connectivity index (χ0n) is 8.87. The van der Waals surface area contributed by atoms with Gasteiger partial charge < -0.3 is 0 Å². The Balaban J connectivity index is 2.79. The lowest BCUT2D eigenvalue weighted by atomic mass is 10.2. The lowest BCUT2D eigenvalue weighted by Gasteiger charge is -2.02. The minimum Gasteiger partial charge on any atom is -0.258 e. The minimum atomic E-state index is -1.48. The van der Waals surface area contributed by atoms with Crippen LogP contribution in [0.2, 0.25) is 0 Å². The van der Waals surface area contributed by atoms with Crippen molar-refractivity contribution < 1.29 is 13.7 Å². The summed E-state index contributed by atoms with van der Waals surface area (Å²) in [6.07, 6.45) is 0. The molecule has 8 nitrogen and oxygen atoms in total. The number of halogens is 2. The number of nitrogens with zero attached hydrogens (tertiary/aromatic N) is 5. The number of hydrogen-bond acceptors (Lipinski definition) is 5. The van der Waals surface area contributed by atoms with Gasteiger partial charge in [0.1, 0.15) is 0 Å². The Labute approximate surface area is 97.2 Å². The van der Waals surface area contributed by atoms with Crippen LogP contribution >= 0.6 is 0 Å². The van der Waals surface area contributed by atoms with E-state index in [1.54, 1.807) is 0 Å². The van der Waals surface area contributed by atoms with Crippen LogP contribution in [0.15, 0.2) is 16.9 Å². The van der Waals surface area contributed by atoms with Crippen molar-refractivity contribution >= 4 is 5.69 Å². The molecule has 0 spiro atoms. The van der Waals surface area contributed by atoms with Gasteiger partial charge in [-0.2, -0.15) is 13.8 Å². The third kappa shape index (κ3) is 1.63. The average Bonchev–Trinajstić information content (AvgIpc) is 2.61. The van der Waals surface area contributed by atoms with Crippen molar-refractivity contribution in [2.75, 3.05) is 0 Å². The number of aryl methyl sites for hydroxylation is 1. The molecule has 0 amide bonds. The molecular formula is C8H5F2N5O3.